The van der Waals surface area contributed by atoms with E-state index in [4.69, 9.17) is 4.42 Å². The zero-order chi connectivity index (χ0) is 9.42. The molecule has 3 heteroatoms. The standard InChI is InChI=1S/C10H11NO2/c1-3-7-5-4-6-8-9(7)13-10(12)11(8)2/h4-6H,3H2,1-2H3. The zero-order valence-electron chi connectivity index (χ0n) is 7.70. The molecule has 1 aromatic carbocycles. The summed E-state index contributed by atoms with van der Waals surface area (Å²) in [5, 5.41) is 0. The van der Waals surface area contributed by atoms with Gasteiger partial charge in [0.1, 0.15) is 0 Å². The highest BCUT2D eigenvalue weighted by atomic mass is 16.4. The van der Waals surface area contributed by atoms with E-state index in [1.54, 1.807) is 7.05 Å². The van der Waals surface area contributed by atoms with Gasteiger partial charge in [-0.2, -0.15) is 0 Å². The number of hydrogen-bond donors (Lipinski definition) is 0. The SMILES string of the molecule is CCc1cccc2c1oc(=O)n2C. The van der Waals surface area contributed by atoms with Gasteiger partial charge in [0.25, 0.3) is 0 Å². The molecule has 3 nitrogen and oxygen atoms in total. The third-order valence-corrected chi connectivity index (χ3v) is 2.28. The molecule has 1 aromatic heterocycles. The molecular formula is C10H11NO2. The lowest BCUT2D eigenvalue weighted by molar-refractivity contribution is 0.525. The summed E-state index contributed by atoms with van der Waals surface area (Å²) in [5.74, 6) is -0.295. The number of para-hydroxylation sites is 1. The number of hydrogen-bond acceptors (Lipinski definition) is 2. The van der Waals surface area contributed by atoms with E-state index in [0.717, 1.165) is 23.1 Å². The molecule has 0 unspecified atom stereocenters. The number of aromatic nitrogens is 1. The minimum atomic E-state index is -0.295. The van der Waals surface area contributed by atoms with E-state index in [1.807, 2.05) is 25.1 Å². The second-order valence-electron chi connectivity index (χ2n) is 3.05. The second kappa shape index (κ2) is 2.76. The molecule has 0 N–H and O–H groups in total. The quantitative estimate of drug-likeness (QED) is 0.664. The van der Waals surface area contributed by atoms with Crippen molar-refractivity contribution < 1.29 is 4.42 Å². The normalized spacial score (nSPS) is 10.9. The van der Waals surface area contributed by atoms with Crippen molar-refractivity contribution in [3.05, 3.63) is 34.3 Å². The number of fused-ring (bicyclic) bond motifs is 1. The number of aryl methyl sites for hydroxylation is 2. The lowest BCUT2D eigenvalue weighted by Crippen LogP contribution is -2.08. The van der Waals surface area contributed by atoms with Crippen molar-refractivity contribution in [2.24, 2.45) is 7.05 Å². The molecule has 13 heavy (non-hydrogen) atoms. The van der Waals surface area contributed by atoms with Gasteiger partial charge in [-0.25, -0.2) is 4.79 Å². The number of rotatable bonds is 1. The molecule has 2 aromatic rings. The van der Waals surface area contributed by atoms with Crippen LogP contribution >= 0.6 is 0 Å². The fourth-order valence-corrected chi connectivity index (χ4v) is 1.49. The topological polar surface area (TPSA) is 35.1 Å². The van der Waals surface area contributed by atoms with Crippen molar-refractivity contribution in [1.82, 2.24) is 4.57 Å². The van der Waals surface area contributed by atoms with Gasteiger partial charge in [-0.3, -0.25) is 4.57 Å². The van der Waals surface area contributed by atoms with Crippen molar-refractivity contribution in [2.45, 2.75) is 13.3 Å². The maximum absolute atomic E-state index is 11.2. The number of nitrogens with zero attached hydrogens (tertiary/aromatic N) is 1. The molecule has 0 saturated heterocycles. The van der Waals surface area contributed by atoms with Gasteiger partial charge >= 0.3 is 5.76 Å². The third-order valence-electron chi connectivity index (χ3n) is 2.28. The van der Waals surface area contributed by atoms with Crippen LogP contribution in [0.2, 0.25) is 0 Å². The minimum absolute atomic E-state index is 0.295. The summed E-state index contributed by atoms with van der Waals surface area (Å²) >= 11 is 0. The Balaban J connectivity index is 2.92. The van der Waals surface area contributed by atoms with Crippen LogP contribution in [0.3, 0.4) is 0 Å². The van der Waals surface area contributed by atoms with Crippen molar-refractivity contribution in [1.29, 1.82) is 0 Å². The van der Waals surface area contributed by atoms with Gasteiger partial charge < -0.3 is 4.42 Å². The van der Waals surface area contributed by atoms with E-state index in [9.17, 15) is 4.79 Å². The molecule has 0 aliphatic rings. The van der Waals surface area contributed by atoms with Crippen LogP contribution < -0.4 is 5.76 Å². The summed E-state index contributed by atoms with van der Waals surface area (Å²) in [5.41, 5.74) is 2.66. The lowest BCUT2D eigenvalue weighted by Gasteiger charge is -1.96. The molecule has 0 spiro atoms. The summed E-state index contributed by atoms with van der Waals surface area (Å²) in [6.07, 6.45) is 0.879. The molecule has 2 rings (SSSR count). The van der Waals surface area contributed by atoms with Crippen LogP contribution in [0.15, 0.2) is 27.4 Å². The van der Waals surface area contributed by atoms with E-state index >= 15 is 0 Å². The van der Waals surface area contributed by atoms with Crippen LogP contribution in [0.1, 0.15) is 12.5 Å². The first-order valence-electron chi connectivity index (χ1n) is 4.31. The molecule has 0 bridgehead atoms. The minimum Gasteiger partial charge on any atom is -0.407 e. The molecule has 0 saturated carbocycles. The van der Waals surface area contributed by atoms with E-state index < -0.39 is 0 Å². The number of benzene rings is 1. The van der Waals surface area contributed by atoms with Crippen LogP contribution in [-0.2, 0) is 13.5 Å². The largest absolute Gasteiger partial charge is 0.419 e. The maximum atomic E-state index is 11.2. The second-order valence-corrected chi connectivity index (χ2v) is 3.05. The Bertz CT molecular complexity index is 493. The Morgan fingerprint density at radius 3 is 2.92 bits per heavy atom. The van der Waals surface area contributed by atoms with Crippen molar-refractivity contribution in [3.8, 4) is 0 Å². The lowest BCUT2D eigenvalue weighted by atomic mass is 10.1. The molecule has 0 fully saturated rings. The average molecular weight is 177 g/mol. The smallest absolute Gasteiger partial charge is 0.407 e. The maximum Gasteiger partial charge on any atom is 0.419 e. The molecule has 1 heterocycles. The number of oxazole rings is 1. The van der Waals surface area contributed by atoms with Gasteiger partial charge in [0.15, 0.2) is 5.58 Å². The van der Waals surface area contributed by atoms with Crippen LogP contribution in [-0.4, -0.2) is 4.57 Å². The third kappa shape index (κ3) is 1.08. The summed E-state index contributed by atoms with van der Waals surface area (Å²) in [7, 11) is 1.72. The van der Waals surface area contributed by atoms with Gasteiger partial charge in [0.05, 0.1) is 5.52 Å². The molecule has 0 atom stereocenters. The molecule has 0 aliphatic carbocycles. The molecule has 0 radical (unpaired) electrons. The highest BCUT2D eigenvalue weighted by molar-refractivity contribution is 5.76. The zero-order valence-corrected chi connectivity index (χ0v) is 7.70. The van der Waals surface area contributed by atoms with Crippen molar-refractivity contribution in [3.63, 3.8) is 0 Å². The van der Waals surface area contributed by atoms with Gasteiger partial charge in [-0.1, -0.05) is 19.1 Å². The predicted molar refractivity (Wildman–Crippen MR) is 50.8 cm³/mol. The fraction of sp³-hybridized carbons (Fsp3) is 0.300. The average Bonchev–Trinajstić information content (AvgIpc) is 2.43. The van der Waals surface area contributed by atoms with Crippen LogP contribution in [0.5, 0.6) is 0 Å². The van der Waals surface area contributed by atoms with Gasteiger partial charge in [0.2, 0.25) is 0 Å². The van der Waals surface area contributed by atoms with Gasteiger partial charge in [0, 0.05) is 7.05 Å². The van der Waals surface area contributed by atoms with E-state index in [1.165, 1.54) is 4.57 Å². The van der Waals surface area contributed by atoms with Crippen molar-refractivity contribution >= 4 is 11.1 Å². The molecule has 0 amide bonds. The molecule has 0 aliphatic heterocycles. The van der Waals surface area contributed by atoms with Gasteiger partial charge in [-0.15, -0.1) is 0 Å². The summed E-state index contributed by atoms with van der Waals surface area (Å²) in [6.45, 7) is 2.04. The predicted octanol–water partition coefficient (Wildman–Crippen LogP) is 1.69. The van der Waals surface area contributed by atoms with E-state index in [0.29, 0.717) is 0 Å². The first-order valence-corrected chi connectivity index (χ1v) is 4.31. The highest BCUT2D eigenvalue weighted by Gasteiger charge is 2.07. The Kier molecular flexibility index (Phi) is 1.72. The Morgan fingerprint density at radius 1 is 1.46 bits per heavy atom. The summed E-state index contributed by atoms with van der Waals surface area (Å²) < 4.78 is 6.65. The first kappa shape index (κ1) is 8.10. The first-order chi connectivity index (χ1) is 6.24. The van der Waals surface area contributed by atoms with Crippen molar-refractivity contribution in [2.75, 3.05) is 0 Å². The van der Waals surface area contributed by atoms with Crippen LogP contribution in [0, 0.1) is 0 Å². The van der Waals surface area contributed by atoms with Crippen LogP contribution in [0.4, 0.5) is 0 Å². The van der Waals surface area contributed by atoms with E-state index in [-0.39, 0.29) is 5.76 Å². The van der Waals surface area contributed by atoms with Gasteiger partial charge in [-0.05, 0) is 18.1 Å². The van der Waals surface area contributed by atoms with Crippen LogP contribution in [0.25, 0.3) is 11.1 Å². The Hall–Kier alpha value is -1.51. The molecule has 68 valence electrons. The highest BCUT2D eigenvalue weighted by Crippen LogP contribution is 2.17. The Morgan fingerprint density at radius 2 is 2.23 bits per heavy atom. The molecular weight excluding hydrogens is 166 g/mol. The fourth-order valence-electron chi connectivity index (χ4n) is 1.49. The summed E-state index contributed by atoms with van der Waals surface area (Å²) in [6, 6.07) is 5.81. The van der Waals surface area contributed by atoms with E-state index in [2.05, 4.69) is 0 Å². The monoisotopic (exact) mass is 177 g/mol. The Labute approximate surface area is 75.6 Å². The summed E-state index contributed by atoms with van der Waals surface area (Å²) in [4.78, 5) is 11.2.